The summed E-state index contributed by atoms with van der Waals surface area (Å²) in [5.41, 5.74) is 2.95. The molecule has 1 aliphatic rings. The molecule has 2 aromatic rings. The van der Waals surface area contributed by atoms with Gasteiger partial charge in [0, 0.05) is 22.5 Å². The Morgan fingerprint density at radius 3 is 2.22 bits per heavy atom. The molecule has 0 radical (unpaired) electrons. The molecule has 0 saturated heterocycles. The van der Waals surface area contributed by atoms with E-state index in [0.717, 1.165) is 30.1 Å². The first-order valence-corrected chi connectivity index (χ1v) is 14.2. The number of fused-ring (bicyclic) bond motifs is 1. The molecule has 200 valence electrons. The Bertz CT molecular complexity index is 907. The van der Waals surface area contributed by atoms with E-state index >= 15 is 0 Å². The van der Waals surface area contributed by atoms with Crippen molar-refractivity contribution in [1.29, 1.82) is 0 Å². The van der Waals surface area contributed by atoms with E-state index in [-0.39, 0.29) is 11.8 Å². The van der Waals surface area contributed by atoms with Crippen LogP contribution in [0, 0.1) is 0 Å². The maximum atomic E-state index is 10.1. The van der Waals surface area contributed by atoms with Gasteiger partial charge in [0.2, 0.25) is 0 Å². The summed E-state index contributed by atoms with van der Waals surface area (Å²) >= 11 is 1.92. The molecule has 36 heavy (non-hydrogen) atoms. The summed E-state index contributed by atoms with van der Waals surface area (Å²) in [6.45, 7) is 8.54. The van der Waals surface area contributed by atoms with Gasteiger partial charge in [0.15, 0.2) is 0 Å². The minimum atomic E-state index is -0.712. The van der Waals surface area contributed by atoms with Crippen molar-refractivity contribution < 1.29 is 19.4 Å². The van der Waals surface area contributed by atoms with Crippen LogP contribution >= 0.6 is 11.8 Å². The zero-order valence-electron chi connectivity index (χ0n) is 23.1. The largest absolute Gasteiger partial charge is 0.497 e. The van der Waals surface area contributed by atoms with Crippen LogP contribution in [0.1, 0.15) is 83.8 Å². The second-order valence-electron chi connectivity index (χ2n) is 8.98. The van der Waals surface area contributed by atoms with Crippen LogP contribution in [0.15, 0.2) is 59.5 Å². The molecule has 0 amide bonds. The lowest BCUT2D eigenvalue weighted by atomic mass is 9.78. The number of aliphatic carboxylic acids is 1. The highest BCUT2D eigenvalue weighted by atomic mass is 32.2. The van der Waals surface area contributed by atoms with Crippen molar-refractivity contribution in [2.24, 2.45) is 0 Å². The van der Waals surface area contributed by atoms with Crippen LogP contribution in [0.5, 0.6) is 11.5 Å². The van der Waals surface area contributed by atoms with Gasteiger partial charge in [-0.15, -0.1) is 11.8 Å². The number of carboxylic acid groups (broad SMARTS) is 1. The predicted molar refractivity (Wildman–Crippen MR) is 154 cm³/mol. The van der Waals surface area contributed by atoms with Gasteiger partial charge in [0.05, 0.1) is 14.2 Å². The molecule has 3 rings (SSSR count). The number of thioether (sulfide) groups is 1. The zero-order chi connectivity index (χ0) is 26.8. The fourth-order valence-corrected chi connectivity index (χ4v) is 5.23. The van der Waals surface area contributed by atoms with Crippen molar-refractivity contribution in [2.45, 2.75) is 89.4 Å². The molecule has 0 saturated carbocycles. The van der Waals surface area contributed by atoms with Gasteiger partial charge in [-0.25, -0.2) is 0 Å². The van der Waals surface area contributed by atoms with E-state index in [0.29, 0.717) is 6.42 Å². The summed E-state index contributed by atoms with van der Waals surface area (Å²) in [4.78, 5) is 11.5. The first kappa shape index (κ1) is 31.6. The average molecular weight is 515 g/mol. The Balaban J connectivity index is 0.000000375. The van der Waals surface area contributed by atoms with Crippen molar-refractivity contribution in [3.63, 3.8) is 0 Å². The molecule has 0 bridgehead atoms. The summed E-state index contributed by atoms with van der Waals surface area (Å²) in [5, 5.41) is 8.35. The van der Waals surface area contributed by atoms with E-state index in [1.165, 1.54) is 41.7 Å². The van der Waals surface area contributed by atoms with E-state index in [1.54, 1.807) is 14.2 Å². The van der Waals surface area contributed by atoms with Gasteiger partial charge in [-0.1, -0.05) is 77.3 Å². The van der Waals surface area contributed by atoms with Crippen LogP contribution in [0.3, 0.4) is 0 Å². The highest BCUT2D eigenvalue weighted by Crippen LogP contribution is 2.43. The summed E-state index contributed by atoms with van der Waals surface area (Å²) in [7, 11) is 3.42. The molecule has 4 nitrogen and oxygen atoms in total. The molecule has 5 heteroatoms. The van der Waals surface area contributed by atoms with E-state index in [9.17, 15) is 4.79 Å². The molecule has 2 aromatic carbocycles. The van der Waals surface area contributed by atoms with Crippen LogP contribution in [0.25, 0.3) is 0 Å². The van der Waals surface area contributed by atoms with Crippen molar-refractivity contribution in [2.75, 3.05) is 20.0 Å². The first-order chi connectivity index (χ1) is 17.4. The number of hydrogen-bond acceptors (Lipinski definition) is 4. The fourth-order valence-electron chi connectivity index (χ4n) is 3.96. The first-order valence-electron chi connectivity index (χ1n) is 13.2. The topological polar surface area (TPSA) is 55.8 Å². The van der Waals surface area contributed by atoms with Crippen molar-refractivity contribution in [3.05, 3.63) is 65.7 Å². The monoisotopic (exact) mass is 514 g/mol. The summed E-state index contributed by atoms with van der Waals surface area (Å²) in [5.74, 6) is 2.22. The van der Waals surface area contributed by atoms with E-state index in [4.69, 9.17) is 14.6 Å². The number of ether oxygens (including phenoxy) is 2. The lowest BCUT2D eigenvalue weighted by Crippen LogP contribution is -2.31. The third-order valence-electron chi connectivity index (χ3n) is 6.10. The molecule has 1 N–H and O–H groups in total. The van der Waals surface area contributed by atoms with Gasteiger partial charge < -0.3 is 14.6 Å². The lowest BCUT2D eigenvalue weighted by Gasteiger charge is -2.35. The molecule has 0 spiro atoms. The molecule has 0 fully saturated rings. The van der Waals surface area contributed by atoms with Gasteiger partial charge in [-0.2, -0.15) is 0 Å². The van der Waals surface area contributed by atoms with Crippen LogP contribution in [0.4, 0.5) is 0 Å². The van der Waals surface area contributed by atoms with Crippen LogP contribution in [0.2, 0.25) is 0 Å². The summed E-state index contributed by atoms with van der Waals surface area (Å²) in [6.07, 6.45) is 12.3. The SMILES string of the molecule is CC.CCCCCC/C=C/CCC(=O)O.COc1ccc(C2(C)CSc3cc(OC)ccc3C2)cc1. The van der Waals surface area contributed by atoms with Crippen LogP contribution in [-0.4, -0.2) is 31.0 Å². The predicted octanol–water partition coefficient (Wildman–Crippen LogP) is 8.71. The fraction of sp³-hybridized carbons (Fsp3) is 0.516. The maximum absolute atomic E-state index is 10.1. The number of allylic oxidation sites excluding steroid dienone is 2. The smallest absolute Gasteiger partial charge is 0.303 e. The second-order valence-corrected chi connectivity index (χ2v) is 10.00. The molecular formula is C31H46O4S. The van der Waals surface area contributed by atoms with E-state index in [1.807, 2.05) is 31.7 Å². The highest BCUT2D eigenvalue weighted by molar-refractivity contribution is 7.99. The highest BCUT2D eigenvalue weighted by Gasteiger charge is 2.32. The Morgan fingerprint density at radius 1 is 0.972 bits per heavy atom. The Kier molecular flexibility index (Phi) is 15.8. The van der Waals surface area contributed by atoms with Crippen molar-refractivity contribution in [3.8, 4) is 11.5 Å². The number of benzene rings is 2. The Morgan fingerprint density at radius 2 is 1.61 bits per heavy atom. The molecule has 1 heterocycles. The van der Waals surface area contributed by atoms with Gasteiger partial charge in [-0.05, 0) is 61.1 Å². The third-order valence-corrected chi connectivity index (χ3v) is 7.58. The van der Waals surface area contributed by atoms with Crippen molar-refractivity contribution in [1.82, 2.24) is 0 Å². The quantitative estimate of drug-likeness (QED) is 0.240. The second kappa shape index (κ2) is 17.9. The molecular weight excluding hydrogens is 468 g/mol. The molecule has 0 aromatic heterocycles. The number of rotatable bonds is 11. The Labute approximate surface area is 223 Å². The van der Waals surface area contributed by atoms with E-state index in [2.05, 4.69) is 62.4 Å². The van der Waals surface area contributed by atoms with Crippen molar-refractivity contribution >= 4 is 17.7 Å². The van der Waals surface area contributed by atoms with Gasteiger partial charge in [0.25, 0.3) is 0 Å². The minimum absolute atomic E-state index is 0.165. The van der Waals surface area contributed by atoms with Crippen LogP contribution < -0.4 is 9.47 Å². The van der Waals surface area contributed by atoms with Gasteiger partial charge >= 0.3 is 5.97 Å². The maximum Gasteiger partial charge on any atom is 0.303 e. The Hall–Kier alpha value is -2.40. The average Bonchev–Trinajstić information content (AvgIpc) is 2.91. The normalized spacial score (nSPS) is 16.2. The van der Waals surface area contributed by atoms with Gasteiger partial charge in [0.1, 0.15) is 11.5 Å². The minimum Gasteiger partial charge on any atom is -0.497 e. The standard InChI is InChI=1S/C18H20O2S.C11H20O2.C2H6/c1-18(14-5-8-15(19-2)9-6-14)11-13-4-7-16(20-3)10-17(13)21-12-18;1-2-3-4-5-6-7-8-9-10-11(12)13;1-2/h4-10H,11-12H2,1-3H3;7-8H,2-6,9-10H2,1H3,(H,12,13);1-2H3/b;8-7+;. The molecule has 0 aliphatic carbocycles. The third kappa shape index (κ3) is 11.1. The van der Waals surface area contributed by atoms with Crippen LogP contribution in [-0.2, 0) is 16.6 Å². The number of carboxylic acids is 1. The summed E-state index contributed by atoms with van der Waals surface area (Å²) in [6, 6.07) is 14.9. The molecule has 1 unspecified atom stereocenters. The zero-order valence-corrected chi connectivity index (χ0v) is 24.0. The molecule has 1 atom stereocenters. The van der Waals surface area contributed by atoms with Gasteiger partial charge in [-0.3, -0.25) is 4.79 Å². The number of hydrogen-bond donors (Lipinski definition) is 1. The number of methoxy groups -OCH3 is 2. The summed E-state index contributed by atoms with van der Waals surface area (Å²) < 4.78 is 10.6. The lowest BCUT2D eigenvalue weighted by molar-refractivity contribution is -0.136. The molecule has 1 aliphatic heterocycles. The number of unbranched alkanes of at least 4 members (excludes halogenated alkanes) is 4. The number of carbonyl (C=O) groups is 1. The van der Waals surface area contributed by atoms with E-state index < -0.39 is 5.97 Å².